The minimum absolute atomic E-state index is 0.0294. The van der Waals surface area contributed by atoms with Crippen molar-refractivity contribution in [3.63, 3.8) is 0 Å². The minimum Gasteiger partial charge on any atom is -0.349 e. The number of hydrogen-bond acceptors (Lipinski definition) is 1. The second-order valence-electron chi connectivity index (χ2n) is 5.39. The Hall–Kier alpha value is -2.09. The average molecular weight is 281 g/mol. The molecule has 0 saturated heterocycles. The van der Waals surface area contributed by atoms with E-state index in [0.717, 1.165) is 24.0 Å². The van der Waals surface area contributed by atoms with Crippen LogP contribution in [0.25, 0.3) is 0 Å². The number of carbonyl (C=O) groups excluding carboxylic acids is 1. The van der Waals surface area contributed by atoms with Gasteiger partial charge in [0.2, 0.25) is 5.91 Å². The molecule has 0 aliphatic heterocycles. The Morgan fingerprint density at radius 2 is 1.48 bits per heavy atom. The van der Waals surface area contributed by atoms with E-state index in [1.54, 1.807) is 0 Å². The Morgan fingerprint density at radius 1 is 0.952 bits per heavy atom. The Kier molecular flexibility index (Phi) is 5.56. The van der Waals surface area contributed by atoms with Crippen molar-refractivity contribution in [2.24, 2.45) is 0 Å². The summed E-state index contributed by atoms with van der Waals surface area (Å²) in [6, 6.07) is 20.1. The van der Waals surface area contributed by atoms with Gasteiger partial charge in [0.1, 0.15) is 0 Å². The monoisotopic (exact) mass is 281 g/mol. The van der Waals surface area contributed by atoms with Gasteiger partial charge >= 0.3 is 0 Å². The molecule has 1 amide bonds. The van der Waals surface area contributed by atoms with Crippen LogP contribution >= 0.6 is 0 Å². The van der Waals surface area contributed by atoms with Gasteiger partial charge in [-0.05, 0) is 24.5 Å². The lowest BCUT2D eigenvalue weighted by atomic mass is 9.93. The molecule has 0 aliphatic carbocycles. The summed E-state index contributed by atoms with van der Waals surface area (Å²) < 4.78 is 0. The fourth-order valence-electron chi connectivity index (χ4n) is 2.56. The SMILES string of the molecule is CCCC(C(=O)NC(C)c1ccccc1)c1ccccc1. The molecule has 2 atom stereocenters. The van der Waals surface area contributed by atoms with E-state index in [0.29, 0.717) is 0 Å². The number of hydrogen-bond donors (Lipinski definition) is 1. The third-order valence-electron chi connectivity index (χ3n) is 3.75. The molecule has 2 aromatic rings. The molecule has 110 valence electrons. The molecule has 2 rings (SSSR count). The summed E-state index contributed by atoms with van der Waals surface area (Å²) in [6.07, 6.45) is 1.87. The zero-order chi connectivity index (χ0) is 15.1. The van der Waals surface area contributed by atoms with Gasteiger partial charge in [0.05, 0.1) is 12.0 Å². The number of benzene rings is 2. The molecule has 0 aromatic heterocycles. The van der Waals surface area contributed by atoms with E-state index >= 15 is 0 Å². The molecule has 0 heterocycles. The first-order valence-electron chi connectivity index (χ1n) is 7.62. The van der Waals surface area contributed by atoms with Gasteiger partial charge in [-0.2, -0.15) is 0 Å². The maximum atomic E-state index is 12.6. The molecule has 2 nitrogen and oxygen atoms in total. The first-order chi connectivity index (χ1) is 10.2. The number of amides is 1. The Balaban J connectivity index is 2.09. The van der Waals surface area contributed by atoms with Crippen LogP contribution in [0.3, 0.4) is 0 Å². The molecule has 0 spiro atoms. The molecule has 0 aliphatic rings. The van der Waals surface area contributed by atoms with E-state index in [9.17, 15) is 4.79 Å². The molecule has 2 unspecified atom stereocenters. The lowest BCUT2D eigenvalue weighted by molar-refractivity contribution is -0.123. The average Bonchev–Trinajstić information content (AvgIpc) is 2.54. The highest BCUT2D eigenvalue weighted by molar-refractivity contribution is 5.84. The third kappa shape index (κ3) is 4.19. The predicted octanol–water partition coefficient (Wildman–Crippen LogP) is 4.45. The number of nitrogens with one attached hydrogen (secondary N) is 1. The van der Waals surface area contributed by atoms with Crippen LogP contribution in [0, 0.1) is 0 Å². The summed E-state index contributed by atoms with van der Waals surface area (Å²) in [5.74, 6) is 0.0433. The molecule has 1 N–H and O–H groups in total. The molecule has 2 heteroatoms. The van der Waals surface area contributed by atoms with E-state index in [4.69, 9.17) is 0 Å². The molecular weight excluding hydrogens is 258 g/mol. The molecule has 21 heavy (non-hydrogen) atoms. The van der Waals surface area contributed by atoms with Gasteiger partial charge in [0.15, 0.2) is 0 Å². The van der Waals surface area contributed by atoms with Crippen LogP contribution in [-0.2, 0) is 4.79 Å². The zero-order valence-electron chi connectivity index (χ0n) is 12.8. The van der Waals surface area contributed by atoms with Gasteiger partial charge in [0, 0.05) is 0 Å². The van der Waals surface area contributed by atoms with Crippen LogP contribution in [0.4, 0.5) is 0 Å². The highest BCUT2D eigenvalue weighted by Crippen LogP contribution is 2.23. The maximum Gasteiger partial charge on any atom is 0.228 e. The van der Waals surface area contributed by atoms with E-state index < -0.39 is 0 Å². The first kappa shape index (κ1) is 15.3. The van der Waals surface area contributed by atoms with Crippen molar-refractivity contribution in [3.8, 4) is 0 Å². The largest absolute Gasteiger partial charge is 0.349 e. The van der Waals surface area contributed by atoms with Gasteiger partial charge in [-0.15, -0.1) is 0 Å². The highest BCUT2D eigenvalue weighted by atomic mass is 16.1. The summed E-state index contributed by atoms with van der Waals surface area (Å²) in [7, 11) is 0. The van der Waals surface area contributed by atoms with Crippen molar-refractivity contribution in [1.29, 1.82) is 0 Å². The summed E-state index contributed by atoms with van der Waals surface area (Å²) in [6.45, 7) is 4.14. The zero-order valence-corrected chi connectivity index (χ0v) is 12.8. The third-order valence-corrected chi connectivity index (χ3v) is 3.75. The lowest BCUT2D eigenvalue weighted by Crippen LogP contribution is -2.31. The van der Waals surface area contributed by atoms with Crippen LogP contribution in [0.5, 0.6) is 0 Å². The topological polar surface area (TPSA) is 29.1 Å². The van der Waals surface area contributed by atoms with Crippen LogP contribution in [0.1, 0.15) is 49.8 Å². The second-order valence-corrected chi connectivity index (χ2v) is 5.39. The van der Waals surface area contributed by atoms with Crippen LogP contribution in [-0.4, -0.2) is 5.91 Å². The van der Waals surface area contributed by atoms with E-state index in [-0.39, 0.29) is 17.9 Å². The lowest BCUT2D eigenvalue weighted by Gasteiger charge is -2.20. The van der Waals surface area contributed by atoms with Gasteiger partial charge in [0.25, 0.3) is 0 Å². The van der Waals surface area contributed by atoms with E-state index in [2.05, 4.69) is 12.2 Å². The smallest absolute Gasteiger partial charge is 0.228 e. The van der Waals surface area contributed by atoms with Crippen molar-refractivity contribution in [2.45, 2.75) is 38.6 Å². The first-order valence-corrected chi connectivity index (χ1v) is 7.62. The Labute approximate surface area is 127 Å². The van der Waals surface area contributed by atoms with Crippen LogP contribution < -0.4 is 5.32 Å². The van der Waals surface area contributed by atoms with Gasteiger partial charge in [-0.3, -0.25) is 4.79 Å². The van der Waals surface area contributed by atoms with Crippen molar-refractivity contribution in [2.75, 3.05) is 0 Å². The predicted molar refractivity (Wildman–Crippen MR) is 87.1 cm³/mol. The van der Waals surface area contributed by atoms with Gasteiger partial charge in [-0.1, -0.05) is 74.0 Å². The fraction of sp³-hybridized carbons (Fsp3) is 0.316. The van der Waals surface area contributed by atoms with Crippen molar-refractivity contribution in [1.82, 2.24) is 5.32 Å². The summed E-state index contributed by atoms with van der Waals surface area (Å²) in [5, 5.41) is 3.14. The molecule has 2 aromatic carbocycles. The molecule has 0 radical (unpaired) electrons. The number of rotatable bonds is 6. The summed E-state index contributed by atoms with van der Waals surface area (Å²) in [4.78, 5) is 12.6. The summed E-state index contributed by atoms with van der Waals surface area (Å²) in [5.41, 5.74) is 2.23. The maximum absolute atomic E-state index is 12.6. The van der Waals surface area contributed by atoms with Crippen LogP contribution in [0.2, 0.25) is 0 Å². The van der Waals surface area contributed by atoms with Crippen molar-refractivity contribution < 1.29 is 4.79 Å². The normalized spacial score (nSPS) is 13.4. The summed E-state index contributed by atoms with van der Waals surface area (Å²) >= 11 is 0. The molecule has 0 fully saturated rings. The highest BCUT2D eigenvalue weighted by Gasteiger charge is 2.21. The Bertz CT molecular complexity index is 550. The molecule has 0 saturated carbocycles. The van der Waals surface area contributed by atoms with Crippen molar-refractivity contribution >= 4 is 5.91 Å². The number of carbonyl (C=O) groups is 1. The Morgan fingerprint density at radius 3 is 2.00 bits per heavy atom. The molecular formula is C19H23NO. The van der Waals surface area contributed by atoms with Gasteiger partial charge in [-0.25, -0.2) is 0 Å². The van der Waals surface area contributed by atoms with Crippen molar-refractivity contribution in [3.05, 3.63) is 71.8 Å². The second kappa shape index (κ2) is 7.63. The van der Waals surface area contributed by atoms with Gasteiger partial charge < -0.3 is 5.32 Å². The van der Waals surface area contributed by atoms with E-state index in [1.165, 1.54) is 0 Å². The molecule has 0 bridgehead atoms. The van der Waals surface area contributed by atoms with E-state index in [1.807, 2.05) is 67.6 Å². The minimum atomic E-state index is -0.0673. The van der Waals surface area contributed by atoms with Crippen LogP contribution in [0.15, 0.2) is 60.7 Å². The fourth-order valence-corrected chi connectivity index (χ4v) is 2.56. The quantitative estimate of drug-likeness (QED) is 0.833. The standard InChI is InChI=1S/C19H23NO/c1-3-10-18(17-13-8-5-9-14-17)19(21)20-15(2)16-11-6-4-7-12-16/h4-9,11-15,18H,3,10H2,1-2H3,(H,20,21).